The first-order valence-corrected chi connectivity index (χ1v) is 13.6. The first-order valence-electron chi connectivity index (χ1n) is 13.6. The van der Waals surface area contributed by atoms with Crippen LogP contribution in [0.2, 0.25) is 0 Å². The van der Waals surface area contributed by atoms with E-state index in [1.165, 1.54) is 22.3 Å². The van der Waals surface area contributed by atoms with Gasteiger partial charge >= 0.3 is 13.2 Å². The number of hydrogen-bond donors (Lipinski definition) is 3. The van der Waals surface area contributed by atoms with E-state index in [1.54, 1.807) is 0 Å². The molecule has 3 N–H and O–H groups in total. The molecule has 1 aromatic heterocycles. The number of aromatic amines is 1. The fourth-order valence-corrected chi connectivity index (χ4v) is 6.34. The van der Waals surface area contributed by atoms with Crippen LogP contribution in [0.25, 0.3) is 22.4 Å². The van der Waals surface area contributed by atoms with Gasteiger partial charge in [0.2, 0.25) is 0 Å². The molecular weight excluding hydrogens is 477 g/mol. The average molecular weight is 513 g/mol. The molecule has 2 aromatic carbocycles. The van der Waals surface area contributed by atoms with Gasteiger partial charge in [-0.1, -0.05) is 50.6 Å². The summed E-state index contributed by atoms with van der Waals surface area (Å²) in [6.45, 7) is 12.9. The Bertz CT molecular complexity index is 1410. The van der Waals surface area contributed by atoms with E-state index in [4.69, 9.17) is 9.31 Å². The number of carbonyl (C=O) groups is 1. The van der Waals surface area contributed by atoms with Gasteiger partial charge in [0.15, 0.2) is 0 Å². The molecule has 1 saturated carbocycles. The van der Waals surface area contributed by atoms with Crippen molar-refractivity contribution in [2.45, 2.75) is 89.4 Å². The van der Waals surface area contributed by atoms with Crippen LogP contribution in [0.1, 0.15) is 83.7 Å². The number of carboxylic acid groups (broad SMARTS) is 1. The molecule has 8 heteroatoms. The van der Waals surface area contributed by atoms with E-state index < -0.39 is 6.09 Å². The maximum atomic E-state index is 11.2. The molecule has 3 aromatic rings. The Morgan fingerprint density at radius 1 is 1.00 bits per heavy atom. The number of imidazole rings is 1. The summed E-state index contributed by atoms with van der Waals surface area (Å²) in [6.07, 6.45) is 3.65. The van der Waals surface area contributed by atoms with Gasteiger partial charge in [0.05, 0.1) is 23.1 Å². The number of nitrogens with zero attached hydrogens (tertiary/aromatic N) is 1. The van der Waals surface area contributed by atoms with Crippen LogP contribution in [0, 0.1) is 0 Å². The van der Waals surface area contributed by atoms with Gasteiger partial charge in [0.25, 0.3) is 0 Å². The number of amides is 1. The largest absolute Gasteiger partial charge is 0.494 e. The van der Waals surface area contributed by atoms with Gasteiger partial charge in [-0.25, -0.2) is 9.78 Å². The second kappa shape index (κ2) is 8.45. The lowest BCUT2D eigenvalue weighted by atomic mass is 9.74. The Kier molecular flexibility index (Phi) is 5.60. The van der Waals surface area contributed by atoms with E-state index in [0.29, 0.717) is 0 Å². The van der Waals surface area contributed by atoms with Crippen LogP contribution in [0.3, 0.4) is 0 Å². The van der Waals surface area contributed by atoms with Crippen LogP contribution >= 0.6 is 0 Å². The molecule has 2 heterocycles. The van der Waals surface area contributed by atoms with Gasteiger partial charge in [-0.3, -0.25) is 0 Å². The number of hydrogen-bond acceptors (Lipinski definition) is 4. The molecule has 3 aliphatic rings. The van der Waals surface area contributed by atoms with Crippen molar-refractivity contribution in [2.75, 3.05) is 0 Å². The number of nitrogens with one attached hydrogen (secondary N) is 2. The topological polar surface area (TPSA) is 96.5 Å². The smallest absolute Gasteiger partial charge is 0.465 e. The minimum Gasteiger partial charge on any atom is -0.465 e. The molecule has 1 aliphatic heterocycles. The van der Waals surface area contributed by atoms with E-state index in [-0.39, 0.29) is 35.7 Å². The number of rotatable bonds is 4. The fourth-order valence-electron chi connectivity index (χ4n) is 6.34. The third-order valence-electron chi connectivity index (χ3n) is 9.31. The van der Waals surface area contributed by atoms with Gasteiger partial charge < -0.3 is 24.7 Å². The molecule has 198 valence electrons. The van der Waals surface area contributed by atoms with Gasteiger partial charge in [-0.15, -0.1) is 0 Å². The highest BCUT2D eigenvalue weighted by atomic mass is 16.7. The van der Waals surface area contributed by atoms with E-state index in [2.05, 4.69) is 93.2 Å². The van der Waals surface area contributed by atoms with Crippen LogP contribution in [0.4, 0.5) is 4.79 Å². The van der Waals surface area contributed by atoms with Crippen molar-refractivity contribution in [1.29, 1.82) is 0 Å². The second-order valence-corrected chi connectivity index (χ2v) is 12.6. The first kappa shape index (κ1) is 25.2. The van der Waals surface area contributed by atoms with Crippen LogP contribution < -0.4 is 10.8 Å². The average Bonchev–Trinajstić information content (AvgIpc) is 3.59. The first-order chi connectivity index (χ1) is 17.9. The fraction of sp³-hybridized carbons (Fsp3) is 0.467. The lowest BCUT2D eigenvalue weighted by Crippen LogP contribution is -2.41. The number of fused-ring (bicyclic) bond motifs is 3. The molecule has 7 nitrogen and oxygen atoms in total. The molecular formula is C30H36BN3O4. The van der Waals surface area contributed by atoms with Crippen molar-refractivity contribution in [2.24, 2.45) is 0 Å². The third-order valence-corrected chi connectivity index (χ3v) is 9.31. The third kappa shape index (κ3) is 3.88. The zero-order chi connectivity index (χ0) is 27.0. The van der Waals surface area contributed by atoms with E-state index in [0.717, 1.165) is 41.8 Å². The summed E-state index contributed by atoms with van der Waals surface area (Å²) in [5.74, 6) is 0.926. The summed E-state index contributed by atoms with van der Waals surface area (Å²) in [6, 6.07) is 13.1. The Balaban J connectivity index is 1.30. The summed E-state index contributed by atoms with van der Waals surface area (Å²) in [7, 11) is -0.390. The highest BCUT2D eigenvalue weighted by molar-refractivity contribution is 6.62. The van der Waals surface area contributed by atoms with Crippen LogP contribution in [-0.2, 0) is 14.7 Å². The molecule has 1 amide bonds. The second-order valence-electron chi connectivity index (χ2n) is 12.6. The normalized spacial score (nSPS) is 24.3. The summed E-state index contributed by atoms with van der Waals surface area (Å²) in [5, 5.41) is 11.9. The minimum absolute atomic E-state index is 0.0726. The number of aromatic nitrogens is 2. The zero-order valence-electron chi connectivity index (χ0n) is 23.0. The van der Waals surface area contributed by atoms with Gasteiger partial charge in [0, 0.05) is 17.4 Å². The number of H-pyrrole nitrogens is 1. The molecule has 38 heavy (non-hydrogen) atoms. The predicted molar refractivity (Wildman–Crippen MR) is 149 cm³/mol. The molecule has 2 aliphatic carbocycles. The van der Waals surface area contributed by atoms with E-state index in [9.17, 15) is 9.90 Å². The van der Waals surface area contributed by atoms with E-state index >= 15 is 0 Å². The predicted octanol–water partition coefficient (Wildman–Crippen LogP) is 5.59. The molecule has 0 unspecified atom stereocenters. The summed E-state index contributed by atoms with van der Waals surface area (Å²) < 4.78 is 12.7. The van der Waals surface area contributed by atoms with Gasteiger partial charge in [-0.05, 0) is 79.9 Å². The monoisotopic (exact) mass is 513 g/mol. The van der Waals surface area contributed by atoms with Crippen molar-refractivity contribution >= 4 is 18.7 Å². The highest BCUT2D eigenvalue weighted by Gasteiger charge is 2.52. The standard InChI is InChI=1S/C30H36BN3O4/c1-28(2)22-14-17(25-16-32-26(33-25)21-8-7-9-24(21)34-27(35)36)10-12-19(22)20-13-11-18(15-23(20)28)31-37-29(3,4)30(5,6)38-31/h10-16,21,24,34H,7-9H2,1-6H3,(H,32,33)(H,35,36)/t21-,24-/m0/s1. The molecule has 0 radical (unpaired) electrons. The SMILES string of the molecule is CC1(C)c2cc(B3OC(C)(C)C(C)(C)O3)ccc2-c2ccc(-c3cnc([C@H]4CCC[C@@H]4NC(=O)O)[nH]3)cc21. The molecule has 0 bridgehead atoms. The van der Waals surface area contributed by atoms with Gasteiger partial charge in [0.1, 0.15) is 5.82 Å². The minimum atomic E-state index is -0.976. The van der Waals surface area contributed by atoms with Crippen molar-refractivity contribution in [3.8, 4) is 22.4 Å². The maximum Gasteiger partial charge on any atom is 0.494 e. The lowest BCUT2D eigenvalue weighted by molar-refractivity contribution is 0.00578. The Morgan fingerprint density at radius 3 is 2.34 bits per heavy atom. The van der Waals surface area contributed by atoms with Crippen LogP contribution in [0.15, 0.2) is 42.6 Å². The maximum absolute atomic E-state index is 11.2. The Morgan fingerprint density at radius 2 is 1.66 bits per heavy atom. The molecule has 0 spiro atoms. The molecule has 6 rings (SSSR count). The highest BCUT2D eigenvalue weighted by Crippen LogP contribution is 2.49. The van der Waals surface area contributed by atoms with Crippen LogP contribution in [-0.4, -0.2) is 45.5 Å². The molecule has 2 fully saturated rings. The zero-order valence-corrected chi connectivity index (χ0v) is 23.0. The summed E-state index contributed by atoms with van der Waals surface area (Å²) in [4.78, 5) is 19.4. The van der Waals surface area contributed by atoms with E-state index in [1.807, 2.05) is 6.20 Å². The molecule has 2 atom stereocenters. The van der Waals surface area contributed by atoms with Crippen molar-refractivity contribution in [3.63, 3.8) is 0 Å². The van der Waals surface area contributed by atoms with Gasteiger partial charge in [-0.2, -0.15) is 0 Å². The molecule has 1 saturated heterocycles. The van der Waals surface area contributed by atoms with Crippen molar-refractivity contribution in [3.05, 3.63) is 59.5 Å². The van der Waals surface area contributed by atoms with Crippen molar-refractivity contribution < 1.29 is 19.2 Å². The quantitative estimate of drug-likeness (QED) is 0.396. The van der Waals surface area contributed by atoms with Crippen LogP contribution in [0.5, 0.6) is 0 Å². The Labute approximate surface area is 224 Å². The number of benzene rings is 2. The summed E-state index contributed by atoms with van der Waals surface area (Å²) in [5.41, 5.74) is 7.17. The lowest BCUT2D eigenvalue weighted by Gasteiger charge is -2.32. The van der Waals surface area contributed by atoms with Crippen molar-refractivity contribution in [1.82, 2.24) is 15.3 Å². The Hall–Kier alpha value is -3.10. The summed E-state index contributed by atoms with van der Waals surface area (Å²) >= 11 is 0.